The summed E-state index contributed by atoms with van der Waals surface area (Å²) in [6.45, 7) is 5.83. The van der Waals surface area contributed by atoms with E-state index in [-0.39, 0.29) is 0 Å². The molecule has 32 heavy (non-hydrogen) atoms. The number of anilines is 2. The second kappa shape index (κ2) is 10.2. The van der Waals surface area contributed by atoms with Gasteiger partial charge in [0.15, 0.2) is 18.9 Å². The molecular formula is C25H26N5OS+. The maximum atomic E-state index is 5.34. The molecule has 0 aliphatic heterocycles. The van der Waals surface area contributed by atoms with Crippen LogP contribution >= 0.6 is 11.3 Å². The molecule has 4 aromatic rings. The first-order valence-corrected chi connectivity index (χ1v) is 11.3. The van der Waals surface area contributed by atoms with Crippen LogP contribution in [0, 0.1) is 13.8 Å². The molecule has 0 unspecified atom stereocenters. The van der Waals surface area contributed by atoms with Crippen LogP contribution in [0.3, 0.4) is 0 Å². The lowest BCUT2D eigenvalue weighted by Crippen LogP contribution is -2.38. The van der Waals surface area contributed by atoms with E-state index in [4.69, 9.17) is 4.74 Å². The molecule has 2 aromatic heterocycles. The maximum Gasteiger partial charge on any atom is 0.229 e. The Morgan fingerprint density at radius 2 is 1.72 bits per heavy atom. The highest BCUT2D eigenvalue weighted by molar-refractivity contribution is 7.13. The maximum absolute atomic E-state index is 5.34. The van der Waals surface area contributed by atoms with Gasteiger partial charge in [-0.25, -0.2) is 9.55 Å². The van der Waals surface area contributed by atoms with Crippen LogP contribution in [0.5, 0.6) is 5.75 Å². The Bertz CT molecular complexity index is 1170. The van der Waals surface area contributed by atoms with E-state index in [1.807, 2.05) is 23.6 Å². The highest BCUT2D eigenvalue weighted by Gasteiger charge is 2.14. The van der Waals surface area contributed by atoms with E-state index in [2.05, 4.69) is 87.3 Å². The van der Waals surface area contributed by atoms with E-state index < -0.39 is 0 Å². The summed E-state index contributed by atoms with van der Waals surface area (Å²) in [5, 5.41) is 11.2. The van der Waals surface area contributed by atoms with E-state index in [0.29, 0.717) is 5.13 Å². The number of aryl methyl sites for hydroxylation is 2. The van der Waals surface area contributed by atoms with Crippen LogP contribution in [0.25, 0.3) is 0 Å². The third kappa shape index (κ3) is 5.36. The lowest BCUT2D eigenvalue weighted by molar-refractivity contribution is -0.694. The number of azo groups is 1. The van der Waals surface area contributed by atoms with Crippen LogP contribution in [0.1, 0.15) is 11.1 Å². The summed E-state index contributed by atoms with van der Waals surface area (Å²) in [6.07, 6.45) is 5.97. The molecule has 4 rings (SSSR count). The van der Waals surface area contributed by atoms with Gasteiger partial charge in [0, 0.05) is 35.1 Å². The van der Waals surface area contributed by atoms with Crippen LogP contribution in [0.2, 0.25) is 0 Å². The number of thiazole rings is 1. The number of hydrogen-bond donors (Lipinski definition) is 0. The van der Waals surface area contributed by atoms with E-state index in [1.54, 1.807) is 13.3 Å². The first-order chi connectivity index (χ1) is 15.6. The van der Waals surface area contributed by atoms with Gasteiger partial charge in [0.1, 0.15) is 5.75 Å². The zero-order valence-corrected chi connectivity index (χ0v) is 19.3. The molecule has 0 N–H and O–H groups in total. The summed E-state index contributed by atoms with van der Waals surface area (Å²) in [4.78, 5) is 6.46. The number of nitrogens with zero attached hydrogens (tertiary/aromatic N) is 5. The Hall–Kier alpha value is -3.58. The fraction of sp³-hybridized carbons (Fsp3) is 0.200. The molecule has 2 heterocycles. The lowest BCUT2D eigenvalue weighted by atomic mass is 10.1. The van der Waals surface area contributed by atoms with Crippen LogP contribution < -0.4 is 14.2 Å². The molecular weight excluding hydrogens is 418 g/mol. The van der Waals surface area contributed by atoms with E-state index in [1.165, 1.54) is 16.9 Å². The summed E-state index contributed by atoms with van der Waals surface area (Å²) >= 11 is 1.47. The van der Waals surface area contributed by atoms with Crippen LogP contribution in [0.4, 0.5) is 22.2 Å². The largest absolute Gasteiger partial charge is 0.497 e. The van der Waals surface area contributed by atoms with Crippen molar-refractivity contribution < 1.29 is 9.30 Å². The van der Waals surface area contributed by atoms with Crippen LogP contribution in [0.15, 0.2) is 88.8 Å². The molecule has 0 amide bonds. The SMILES string of the molecule is COc1ccc(N(CC[n+]2ccc(C)cc2)c2ccc(N=Nc3nccs3)c(C)c2)cc1. The van der Waals surface area contributed by atoms with Gasteiger partial charge >= 0.3 is 0 Å². The first kappa shape index (κ1) is 21.6. The number of pyridine rings is 1. The second-order valence-corrected chi connectivity index (χ2v) is 8.32. The Morgan fingerprint density at radius 3 is 2.38 bits per heavy atom. The molecule has 0 atom stereocenters. The normalized spacial score (nSPS) is 11.1. The zero-order valence-electron chi connectivity index (χ0n) is 18.5. The van der Waals surface area contributed by atoms with Gasteiger partial charge in [0.05, 0.1) is 19.3 Å². The molecule has 0 saturated heterocycles. The summed E-state index contributed by atoms with van der Waals surface area (Å²) < 4.78 is 7.54. The second-order valence-electron chi connectivity index (χ2n) is 7.45. The molecule has 0 saturated carbocycles. The monoisotopic (exact) mass is 444 g/mol. The third-order valence-corrected chi connectivity index (χ3v) is 5.83. The molecule has 2 aromatic carbocycles. The summed E-state index contributed by atoms with van der Waals surface area (Å²) in [5.41, 5.74) is 5.37. The van der Waals surface area contributed by atoms with Crippen molar-refractivity contribution >= 4 is 33.5 Å². The Balaban J connectivity index is 1.60. The minimum atomic E-state index is 0.656. The highest BCUT2D eigenvalue weighted by Crippen LogP contribution is 2.31. The Kier molecular flexibility index (Phi) is 6.87. The first-order valence-electron chi connectivity index (χ1n) is 10.4. The molecule has 0 fully saturated rings. The molecule has 0 spiro atoms. The average Bonchev–Trinajstić information content (AvgIpc) is 3.34. The Labute approximate surface area is 192 Å². The van der Waals surface area contributed by atoms with Crippen molar-refractivity contribution in [2.45, 2.75) is 20.4 Å². The minimum Gasteiger partial charge on any atom is -0.497 e. The van der Waals surface area contributed by atoms with E-state index >= 15 is 0 Å². The number of benzene rings is 2. The van der Waals surface area contributed by atoms with Crippen molar-refractivity contribution in [1.29, 1.82) is 0 Å². The molecule has 0 aliphatic carbocycles. The van der Waals surface area contributed by atoms with Crippen molar-refractivity contribution in [1.82, 2.24) is 4.98 Å². The van der Waals surface area contributed by atoms with Crippen molar-refractivity contribution in [3.8, 4) is 5.75 Å². The topological polar surface area (TPSA) is 54.0 Å². The van der Waals surface area contributed by atoms with Gasteiger partial charge in [0.25, 0.3) is 0 Å². The standard InChI is InChI=1S/C25H26N5OS/c1-19-10-13-29(14-11-19)15-16-30(21-4-7-23(31-3)8-5-21)22-6-9-24(20(2)18-22)27-28-25-26-12-17-32-25/h4-14,17-18H,15-16H2,1-3H3/q+1. The number of methoxy groups -OCH3 is 1. The molecule has 0 bridgehead atoms. The number of ether oxygens (including phenoxy) is 1. The molecule has 0 radical (unpaired) electrons. The number of aromatic nitrogens is 2. The highest BCUT2D eigenvalue weighted by atomic mass is 32.1. The smallest absolute Gasteiger partial charge is 0.229 e. The fourth-order valence-electron chi connectivity index (χ4n) is 3.35. The van der Waals surface area contributed by atoms with Crippen LogP contribution in [-0.2, 0) is 6.54 Å². The molecule has 162 valence electrons. The van der Waals surface area contributed by atoms with Crippen molar-refractivity contribution in [2.24, 2.45) is 10.2 Å². The zero-order chi connectivity index (χ0) is 22.3. The number of hydrogen-bond acceptors (Lipinski definition) is 6. The summed E-state index contributed by atoms with van der Waals surface area (Å²) in [7, 11) is 1.68. The third-order valence-electron chi connectivity index (χ3n) is 5.18. The van der Waals surface area contributed by atoms with Gasteiger partial charge in [-0.1, -0.05) is 0 Å². The van der Waals surface area contributed by atoms with Gasteiger partial charge < -0.3 is 9.64 Å². The van der Waals surface area contributed by atoms with Gasteiger partial charge in [-0.2, -0.15) is 0 Å². The van der Waals surface area contributed by atoms with E-state index in [9.17, 15) is 0 Å². The van der Waals surface area contributed by atoms with Crippen molar-refractivity contribution in [3.05, 3.63) is 89.7 Å². The Morgan fingerprint density at radius 1 is 0.969 bits per heavy atom. The fourth-order valence-corrected chi connectivity index (χ4v) is 3.80. The summed E-state index contributed by atoms with van der Waals surface area (Å²) in [6, 6.07) is 18.7. The minimum absolute atomic E-state index is 0.656. The van der Waals surface area contributed by atoms with Gasteiger partial charge in [-0.3, -0.25) is 0 Å². The van der Waals surface area contributed by atoms with Gasteiger partial charge in [0.2, 0.25) is 5.13 Å². The number of rotatable bonds is 8. The van der Waals surface area contributed by atoms with Crippen molar-refractivity contribution in [3.63, 3.8) is 0 Å². The average molecular weight is 445 g/mol. The predicted octanol–water partition coefficient (Wildman–Crippen LogP) is 6.31. The molecule has 0 aliphatic rings. The van der Waals surface area contributed by atoms with Gasteiger partial charge in [-0.15, -0.1) is 21.6 Å². The van der Waals surface area contributed by atoms with Gasteiger partial charge in [-0.05, 0) is 67.4 Å². The molecule has 6 nitrogen and oxygen atoms in total. The molecule has 7 heteroatoms. The van der Waals surface area contributed by atoms with Crippen LogP contribution in [-0.4, -0.2) is 18.6 Å². The summed E-state index contributed by atoms with van der Waals surface area (Å²) in [5.74, 6) is 0.843. The quantitative estimate of drug-likeness (QED) is 0.236. The van der Waals surface area contributed by atoms with Crippen molar-refractivity contribution in [2.75, 3.05) is 18.6 Å². The lowest BCUT2D eigenvalue weighted by Gasteiger charge is -2.24. The van der Waals surface area contributed by atoms with E-state index in [0.717, 1.165) is 41.5 Å². The predicted molar refractivity (Wildman–Crippen MR) is 129 cm³/mol.